The Morgan fingerprint density at radius 2 is 1.96 bits per heavy atom. The predicted octanol–water partition coefficient (Wildman–Crippen LogP) is 5.09. The summed E-state index contributed by atoms with van der Waals surface area (Å²) in [6.07, 6.45) is -5.35. The number of nitrogens with zero attached hydrogens (tertiary/aromatic N) is 4. The van der Waals surface area contributed by atoms with Gasteiger partial charge >= 0.3 is 12.2 Å². The molecule has 9 nitrogen and oxygen atoms in total. The number of benzene rings is 1. The molecular formula is C30H35F6N7O2. The van der Waals surface area contributed by atoms with Crippen LogP contribution in [0.4, 0.5) is 37.8 Å². The van der Waals surface area contributed by atoms with Crippen molar-refractivity contribution < 1.29 is 35.8 Å². The second-order valence-corrected chi connectivity index (χ2v) is 12.2. The summed E-state index contributed by atoms with van der Waals surface area (Å²) in [7, 11) is 0. The predicted molar refractivity (Wildman–Crippen MR) is 156 cm³/mol. The van der Waals surface area contributed by atoms with Crippen molar-refractivity contribution in [1.82, 2.24) is 25.2 Å². The van der Waals surface area contributed by atoms with Gasteiger partial charge in [-0.2, -0.15) is 23.1 Å². The number of hydrogen-bond donors (Lipinski definition) is 3. The third-order valence-corrected chi connectivity index (χ3v) is 8.83. The number of hydrogen-bond acceptors (Lipinski definition) is 9. The molecule has 0 aliphatic carbocycles. The van der Waals surface area contributed by atoms with E-state index in [1.54, 1.807) is 6.92 Å². The highest BCUT2D eigenvalue weighted by Gasteiger charge is 2.49. The van der Waals surface area contributed by atoms with Crippen molar-refractivity contribution in [2.45, 2.75) is 69.9 Å². The number of rotatable bonds is 5. The van der Waals surface area contributed by atoms with E-state index >= 15 is 8.78 Å². The molecule has 2 fully saturated rings. The molecule has 0 spiro atoms. The molecule has 6 rings (SSSR count). The molecule has 0 bridgehead atoms. The first-order chi connectivity index (χ1) is 21.3. The fourth-order valence-electron chi connectivity index (χ4n) is 6.69. The zero-order valence-electron chi connectivity index (χ0n) is 25.0. The van der Waals surface area contributed by atoms with Crippen LogP contribution in [-0.4, -0.2) is 83.2 Å². The van der Waals surface area contributed by atoms with Crippen LogP contribution in [0.15, 0.2) is 6.07 Å². The summed E-state index contributed by atoms with van der Waals surface area (Å²) in [6, 6.07) is 0.847. The Labute approximate surface area is 255 Å². The lowest BCUT2D eigenvalue weighted by Crippen LogP contribution is -2.43. The molecule has 3 aliphatic heterocycles. The Balaban J connectivity index is 1.54. The molecular weight excluding hydrogens is 604 g/mol. The van der Waals surface area contributed by atoms with Crippen LogP contribution in [0.1, 0.15) is 43.7 Å². The van der Waals surface area contributed by atoms with Gasteiger partial charge in [-0.1, -0.05) is 0 Å². The number of fused-ring (bicyclic) bond motifs is 1. The van der Waals surface area contributed by atoms with Crippen molar-refractivity contribution in [2.24, 2.45) is 0 Å². The number of ether oxygens (including phenoxy) is 2. The summed E-state index contributed by atoms with van der Waals surface area (Å²) in [5.41, 5.74) is 2.51. The summed E-state index contributed by atoms with van der Waals surface area (Å²) >= 11 is 0. The van der Waals surface area contributed by atoms with Gasteiger partial charge in [-0.3, -0.25) is 4.90 Å². The van der Waals surface area contributed by atoms with E-state index in [0.717, 1.165) is 19.0 Å². The van der Waals surface area contributed by atoms with Crippen LogP contribution in [0.2, 0.25) is 0 Å². The molecule has 3 atom stereocenters. The Morgan fingerprint density at radius 3 is 2.73 bits per heavy atom. The van der Waals surface area contributed by atoms with Crippen LogP contribution in [0.5, 0.6) is 11.9 Å². The SMILES string of the molecule is Cc1cc(N)c(F)c(-c2nc3c4c(nc(OCC56CCCN5C[C@H](F)C6)nc4c2F)NCCNCC[C@H](C)O3)c1CC(F)(F)F. The van der Waals surface area contributed by atoms with E-state index in [1.807, 2.05) is 4.90 Å². The van der Waals surface area contributed by atoms with Gasteiger partial charge < -0.3 is 25.8 Å². The third-order valence-electron chi connectivity index (χ3n) is 8.83. The number of pyridine rings is 1. The molecule has 4 N–H and O–H groups in total. The van der Waals surface area contributed by atoms with Gasteiger partial charge in [0.2, 0.25) is 5.88 Å². The summed E-state index contributed by atoms with van der Waals surface area (Å²) in [5.74, 6) is -2.49. The molecule has 45 heavy (non-hydrogen) atoms. The summed E-state index contributed by atoms with van der Waals surface area (Å²) in [4.78, 5) is 15.2. The van der Waals surface area contributed by atoms with Crippen LogP contribution < -0.4 is 25.8 Å². The maximum Gasteiger partial charge on any atom is 0.393 e. The Morgan fingerprint density at radius 1 is 1.16 bits per heavy atom. The minimum Gasteiger partial charge on any atom is -0.474 e. The van der Waals surface area contributed by atoms with Crippen molar-refractivity contribution >= 4 is 22.4 Å². The first-order valence-corrected chi connectivity index (χ1v) is 15.0. The minimum absolute atomic E-state index is 0.0208. The highest BCUT2D eigenvalue weighted by atomic mass is 19.4. The van der Waals surface area contributed by atoms with Crippen molar-refractivity contribution in [1.29, 1.82) is 0 Å². The van der Waals surface area contributed by atoms with Gasteiger partial charge in [0, 0.05) is 31.6 Å². The number of alkyl halides is 4. The normalized spacial score (nSPS) is 24.2. The van der Waals surface area contributed by atoms with Crippen molar-refractivity contribution in [2.75, 3.05) is 50.4 Å². The van der Waals surface area contributed by atoms with Gasteiger partial charge in [0.25, 0.3) is 0 Å². The molecule has 2 aromatic heterocycles. The molecule has 3 aliphatic rings. The molecule has 1 aromatic carbocycles. The fourth-order valence-corrected chi connectivity index (χ4v) is 6.69. The van der Waals surface area contributed by atoms with E-state index in [0.29, 0.717) is 39.0 Å². The lowest BCUT2D eigenvalue weighted by atomic mass is 9.94. The van der Waals surface area contributed by atoms with Crippen molar-refractivity contribution in [3.05, 3.63) is 28.8 Å². The smallest absolute Gasteiger partial charge is 0.393 e. The molecule has 0 radical (unpaired) electrons. The second-order valence-electron chi connectivity index (χ2n) is 12.2. The highest BCUT2D eigenvalue weighted by Crippen LogP contribution is 2.43. The quantitative estimate of drug-likeness (QED) is 0.260. The van der Waals surface area contributed by atoms with Crippen molar-refractivity contribution in [3.8, 4) is 23.1 Å². The topological polar surface area (TPSA) is 110 Å². The first kappa shape index (κ1) is 31.4. The Kier molecular flexibility index (Phi) is 8.35. The van der Waals surface area contributed by atoms with Crippen LogP contribution in [-0.2, 0) is 6.42 Å². The van der Waals surface area contributed by atoms with Gasteiger partial charge in [-0.05, 0) is 63.4 Å². The maximum atomic E-state index is 16.7. The molecule has 5 heterocycles. The Bertz CT molecular complexity index is 1610. The summed E-state index contributed by atoms with van der Waals surface area (Å²) in [5, 5.41) is 6.41. The largest absolute Gasteiger partial charge is 0.474 e. The van der Waals surface area contributed by atoms with E-state index in [-0.39, 0.29) is 47.2 Å². The fraction of sp³-hybridized carbons (Fsp3) is 0.567. The number of aryl methyl sites for hydroxylation is 1. The molecule has 1 unspecified atom stereocenters. The monoisotopic (exact) mass is 639 g/mol. The van der Waals surface area contributed by atoms with Gasteiger partial charge in [0.15, 0.2) is 11.6 Å². The average Bonchev–Trinajstić information content (AvgIpc) is 3.48. The zero-order chi connectivity index (χ0) is 32.1. The van der Waals surface area contributed by atoms with Crippen LogP contribution in [0.25, 0.3) is 22.2 Å². The molecule has 15 heteroatoms. The second kappa shape index (κ2) is 12.0. The van der Waals surface area contributed by atoms with E-state index in [9.17, 15) is 17.6 Å². The summed E-state index contributed by atoms with van der Waals surface area (Å²) in [6.45, 7) is 5.65. The average molecular weight is 640 g/mol. The molecule has 244 valence electrons. The number of nitrogens with one attached hydrogen (secondary N) is 2. The Hall–Kier alpha value is -3.59. The van der Waals surface area contributed by atoms with Gasteiger partial charge in [0.1, 0.15) is 35.2 Å². The number of halogens is 6. The van der Waals surface area contributed by atoms with Crippen LogP contribution in [0.3, 0.4) is 0 Å². The third kappa shape index (κ3) is 6.16. The van der Waals surface area contributed by atoms with E-state index < -0.39 is 64.6 Å². The highest BCUT2D eigenvalue weighted by molar-refractivity contribution is 5.96. The zero-order valence-corrected chi connectivity index (χ0v) is 25.0. The molecule has 0 amide bonds. The number of anilines is 2. The first-order valence-electron chi connectivity index (χ1n) is 15.0. The molecule has 3 aromatic rings. The lowest BCUT2D eigenvalue weighted by Gasteiger charge is -2.30. The van der Waals surface area contributed by atoms with Crippen LogP contribution in [0, 0.1) is 18.6 Å². The van der Waals surface area contributed by atoms with Crippen LogP contribution >= 0.6 is 0 Å². The van der Waals surface area contributed by atoms with Gasteiger partial charge in [-0.25, -0.2) is 18.2 Å². The lowest BCUT2D eigenvalue weighted by molar-refractivity contribution is -0.127. The number of nitrogens with two attached hydrogens (primary N) is 1. The minimum atomic E-state index is -4.74. The number of aromatic nitrogens is 3. The molecule has 2 saturated heterocycles. The van der Waals surface area contributed by atoms with E-state index in [2.05, 4.69) is 25.6 Å². The number of nitrogen functional groups attached to an aromatic ring is 1. The van der Waals surface area contributed by atoms with E-state index in [1.165, 1.54) is 6.92 Å². The van der Waals surface area contributed by atoms with Gasteiger partial charge in [-0.15, -0.1) is 0 Å². The molecule has 0 saturated carbocycles. The van der Waals surface area contributed by atoms with Gasteiger partial charge in [0.05, 0.1) is 23.8 Å². The van der Waals surface area contributed by atoms with E-state index in [4.69, 9.17) is 15.2 Å². The standard InChI is InChI=1S/C30H35F6N7O2/c1-15-10-19(37)22(32)20(18(15)12-30(34,35)36)24-23(33)25-21-26(39-8-7-38-6-4-16(2)45-27(21)40-24)42-28(41-25)44-14-29-5-3-9-43(29)13-17(31)11-29/h10,16-17,38H,3-9,11-14,37H2,1-2H3,(H,39,41,42)/t16-,17+,29?/m0/s1. The van der Waals surface area contributed by atoms with Crippen molar-refractivity contribution in [3.63, 3.8) is 0 Å². The summed E-state index contributed by atoms with van der Waals surface area (Å²) < 4.78 is 99.9. The maximum absolute atomic E-state index is 16.7.